The van der Waals surface area contributed by atoms with Crippen molar-refractivity contribution in [1.29, 1.82) is 5.26 Å². The molecule has 0 unspecified atom stereocenters. The normalized spacial score (nSPS) is 18.0. The van der Waals surface area contributed by atoms with Crippen LogP contribution in [-0.2, 0) is 16.0 Å². The molecular weight excluding hydrogens is 442 g/mol. The van der Waals surface area contributed by atoms with Crippen LogP contribution >= 0.6 is 27.7 Å². The number of thioether (sulfide) groups is 1. The van der Waals surface area contributed by atoms with E-state index in [9.17, 15) is 14.9 Å². The minimum Gasteiger partial charge on any atom is -0.497 e. The van der Waals surface area contributed by atoms with Crippen molar-refractivity contribution in [2.24, 2.45) is 5.73 Å². The van der Waals surface area contributed by atoms with Gasteiger partial charge in [0.05, 0.1) is 12.4 Å². The second-order valence-corrected chi connectivity index (χ2v) is 8.07. The molecule has 1 saturated heterocycles. The number of hydrogen-bond donors (Lipinski definition) is 1. The van der Waals surface area contributed by atoms with E-state index in [4.69, 9.17) is 10.5 Å². The van der Waals surface area contributed by atoms with Gasteiger partial charge in [-0.05, 0) is 48.4 Å². The Morgan fingerprint density at radius 1 is 1.25 bits per heavy atom. The lowest BCUT2D eigenvalue weighted by Crippen LogP contribution is -2.31. The molecular formula is C20H16BrN3O3S. The van der Waals surface area contributed by atoms with Crippen LogP contribution in [0.5, 0.6) is 5.75 Å². The maximum absolute atomic E-state index is 13.1. The number of carbonyl (C=O) groups excluding carboxylic acids is 2. The second-order valence-electron chi connectivity index (χ2n) is 5.96. The summed E-state index contributed by atoms with van der Waals surface area (Å²) >= 11 is 4.54. The highest BCUT2D eigenvalue weighted by Gasteiger charge is 2.40. The second kappa shape index (κ2) is 8.50. The van der Waals surface area contributed by atoms with E-state index in [1.165, 1.54) is 16.7 Å². The molecule has 1 fully saturated rings. The number of nitrogens with zero attached hydrogens (tertiary/aromatic N) is 2. The molecule has 1 heterocycles. The predicted molar refractivity (Wildman–Crippen MR) is 112 cm³/mol. The highest BCUT2D eigenvalue weighted by Crippen LogP contribution is 2.42. The number of nitrogens with two attached hydrogens (primary N) is 1. The smallest absolute Gasteiger partial charge is 0.262 e. The van der Waals surface area contributed by atoms with Crippen molar-refractivity contribution in [3.8, 4) is 11.8 Å². The van der Waals surface area contributed by atoms with E-state index in [1.807, 2.05) is 30.3 Å². The molecule has 1 aliphatic rings. The van der Waals surface area contributed by atoms with Gasteiger partial charge in [-0.3, -0.25) is 14.5 Å². The number of carbonyl (C=O) groups is 2. The van der Waals surface area contributed by atoms with Crippen molar-refractivity contribution in [2.45, 2.75) is 11.7 Å². The van der Waals surface area contributed by atoms with Crippen LogP contribution in [-0.4, -0.2) is 24.2 Å². The van der Waals surface area contributed by atoms with E-state index < -0.39 is 11.2 Å². The fourth-order valence-corrected chi connectivity index (χ4v) is 4.38. The van der Waals surface area contributed by atoms with Gasteiger partial charge >= 0.3 is 0 Å². The Hall–Kier alpha value is -2.76. The molecule has 0 spiro atoms. The van der Waals surface area contributed by atoms with Gasteiger partial charge in [0.1, 0.15) is 22.4 Å². The van der Waals surface area contributed by atoms with Gasteiger partial charge in [-0.2, -0.15) is 5.26 Å². The van der Waals surface area contributed by atoms with Crippen LogP contribution in [0.15, 0.2) is 63.6 Å². The van der Waals surface area contributed by atoms with E-state index >= 15 is 0 Å². The van der Waals surface area contributed by atoms with Crippen molar-refractivity contribution in [3.05, 3.63) is 69.2 Å². The topological polar surface area (TPSA) is 96.4 Å². The summed E-state index contributed by atoms with van der Waals surface area (Å²) in [5.74, 6) is -0.330. The largest absolute Gasteiger partial charge is 0.497 e. The molecule has 1 atom stereocenters. The van der Waals surface area contributed by atoms with Gasteiger partial charge in [0.15, 0.2) is 0 Å². The SMILES string of the molecule is COc1ccc(C[C@@H]2S/C(=C(\C#N)C(N)=O)N(c3ccc(Br)cc3)C2=O)cc1. The number of halogens is 1. The lowest BCUT2D eigenvalue weighted by molar-refractivity contribution is -0.117. The number of ether oxygens (including phenoxy) is 1. The standard InChI is InChI=1S/C20H16BrN3O3S/c1-27-15-8-2-12(3-9-15)10-17-19(26)24(14-6-4-13(21)5-7-14)20(28-17)16(11-22)18(23)25/h2-9,17H,10H2,1H3,(H2,23,25)/b20-16+/t17-/m0/s1. The highest BCUT2D eigenvalue weighted by atomic mass is 79.9. The minimum atomic E-state index is -0.856. The van der Waals surface area contributed by atoms with Crippen molar-refractivity contribution in [3.63, 3.8) is 0 Å². The molecule has 0 bridgehead atoms. The summed E-state index contributed by atoms with van der Waals surface area (Å²) in [4.78, 5) is 26.3. The zero-order chi connectivity index (χ0) is 20.3. The Morgan fingerprint density at radius 3 is 2.43 bits per heavy atom. The number of anilines is 1. The first-order valence-electron chi connectivity index (χ1n) is 8.28. The number of benzene rings is 2. The molecule has 6 nitrogen and oxygen atoms in total. The van der Waals surface area contributed by atoms with E-state index in [-0.39, 0.29) is 16.5 Å². The van der Waals surface area contributed by atoms with Crippen LogP contribution in [0.2, 0.25) is 0 Å². The lowest BCUT2D eigenvalue weighted by atomic mass is 10.1. The number of nitriles is 1. The lowest BCUT2D eigenvalue weighted by Gasteiger charge is -2.18. The highest BCUT2D eigenvalue weighted by molar-refractivity contribution is 9.10. The van der Waals surface area contributed by atoms with Crippen molar-refractivity contribution < 1.29 is 14.3 Å². The molecule has 28 heavy (non-hydrogen) atoms. The number of primary amides is 1. The maximum atomic E-state index is 13.1. The zero-order valence-electron chi connectivity index (χ0n) is 14.9. The fourth-order valence-electron chi connectivity index (χ4n) is 2.80. The van der Waals surface area contributed by atoms with Gasteiger partial charge in [-0.1, -0.05) is 39.8 Å². The monoisotopic (exact) mass is 457 g/mol. The van der Waals surface area contributed by atoms with Crippen molar-refractivity contribution in [2.75, 3.05) is 12.0 Å². The van der Waals surface area contributed by atoms with Gasteiger partial charge < -0.3 is 10.5 Å². The Bertz CT molecular complexity index is 981. The Kier molecular flexibility index (Phi) is 6.07. The summed E-state index contributed by atoms with van der Waals surface area (Å²) < 4.78 is 6.01. The van der Waals surface area contributed by atoms with Crippen molar-refractivity contribution >= 4 is 45.2 Å². The summed E-state index contributed by atoms with van der Waals surface area (Å²) in [6, 6.07) is 16.3. The third-order valence-electron chi connectivity index (χ3n) is 4.19. The fraction of sp³-hybridized carbons (Fsp3) is 0.150. The molecule has 0 radical (unpaired) electrons. The summed E-state index contributed by atoms with van der Waals surface area (Å²) in [6.45, 7) is 0. The Labute approximate surface area is 175 Å². The van der Waals surface area contributed by atoms with Crippen LogP contribution in [0.1, 0.15) is 5.56 Å². The van der Waals surface area contributed by atoms with E-state index in [2.05, 4.69) is 15.9 Å². The molecule has 142 valence electrons. The van der Waals surface area contributed by atoms with Crippen LogP contribution in [0.4, 0.5) is 5.69 Å². The maximum Gasteiger partial charge on any atom is 0.262 e. The Morgan fingerprint density at radius 2 is 1.89 bits per heavy atom. The molecule has 8 heteroatoms. The predicted octanol–water partition coefficient (Wildman–Crippen LogP) is 3.37. The summed E-state index contributed by atoms with van der Waals surface area (Å²) in [5, 5.41) is 9.19. The van der Waals surface area contributed by atoms with Crippen molar-refractivity contribution in [1.82, 2.24) is 0 Å². The third-order valence-corrected chi connectivity index (χ3v) is 5.98. The third kappa shape index (κ3) is 4.06. The van der Waals surface area contributed by atoms with E-state index in [0.717, 1.165) is 15.8 Å². The summed E-state index contributed by atoms with van der Waals surface area (Å²) in [5.41, 5.74) is 6.67. The molecule has 1 aliphatic heterocycles. The zero-order valence-corrected chi connectivity index (χ0v) is 17.3. The van der Waals surface area contributed by atoms with Gasteiger partial charge in [-0.15, -0.1) is 0 Å². The summed E-state index contributed by atoms with van der Waals surface area (Å²) in [6.07, 6.45) is 0.446. The van der Waals surface area contributed by atoms with Gasteiger partial charge in [0, 0.05) is 10.2 Å². The van der Waals surface area contributed by atoms with Crippen LogP contribution in [0, 0.1) is 11.3 Å². The van der Waals surface area contributed by atoms with Crippen LogP contribution < -0.4 is 15.4 Å². The molecule has 0 aliphatic carbocycles. The number of amides is 2. The molecule has 2 aromatic rings. The molecule has 0 aromatic heterocycles. The van der Waals surface area contributed by atoms with Gasteiger partial charge in [0.25, 0.3) is 5.91 Å². The first-order valence-corrected chi connectivity index (χ1v) is 9.95. The number of methoxy groups -OCH3 is 1. The van der Waals surface area contributed by atoms with E-state index in [1.54, 1.807) is 31.4 Å². The van der Waals surface area contributed by atoms with Crippen LogP contribution in [0.25, 0.3) is 0 Å². The molecule has 2 N–H and O–H groups in total. The first kappa shape index (κ1) is 20.0. The molecule has 2 amide bonds. The summed E-state index contributed by atoms with van der Waals surface area (Å²) in [7, 11) is 1.59. The van der Waals surface area contributed by atoms with E-state index in [0.29, 0.717) is 12.1 Å². The number of rotatable bonds is 5. The average molecular weight is 458 g/mol. The van der Waals surface area contributed by atoms with Gasteiger partial charge in [0.2, 0.25) is 5.91 Å². The Balaban J connectivity index is 1.98. The van der Waals surface area contributed by atoms with Gasteiger partial charge in [-0.25, -0.2) is 0 Å². The minimum absolute atomic E-state index is 0.202. The average Bonchev–Trinajstić information content (AvgIpc) is 2.99. The number of hydrogen-bond acceptors (Lipinski definition) is 5. The quantitative estimate of drug-likeness (QED) is 0.548. The van der Waals surface area contributed by atoms with Crippen LogP contribution in [0.3, 0.4) is 0 Å². The first-order chi connectivity index (χ1) is 13.4. The molecule has 2 aromatic carbocycles. The molecule has 3 rings (SSSR count). The molecule has 0 saturated carbocycles.